The van der Waals surface area contributed by atoms with Gasteiger partial charge in [-0.15, -0.1) is 0 Å². The van der Waals surface area contributed by atoms with Gasteiger partial charge in [-0.2, -0.15) is 5.10 Å². The molecular weight excluding hydrogens is 250 g/mol. The number of hydrogen-bond acceptors (Lipinski definition) is 3. The molecule has 114 valence electrons. The largest absolute Gasteiger partial charge is 0.377 e. The third kappa shape index (κ3) is 3.41. The topological polar surface area (TPSA) is 39.1 Å². The number of ether oxygens (including phenoxy) is 1. The molecule has 4 heteroatoms. The van der Waals surface area contributed by atoms with Crippen LogP contribution in [0, 0.1) is 0 Å². The fraction of sp³-hybridized carbons (Fsp3) is 0.812. The van der Waals surface area contributed by atoms with Crippen LogP contribution in [0.4, 0.5) is 0 Å². The van der Waals surface area contributed by atoms with E-state index in [9.17, 15) is 0 Å². The quantitative estimate of drug-likeness (QED) is 0.834. The maximum absolute atomic E-state index is 6.01. The van der Waals surface area contributed by atoms with E-state index in [1.165, 1.54) is 37.7 Å². The summed E-state index contributed by atoms with van der Waals surface area (Å²) in [7, 11) is 1.88. The smallest absolute Gasteiger partial charge is 0.0834 e. The van der Waals surface area contributed by atoms with Crippen molar-refractivity contribution in [3.8, 4) is 0 Å². The van der Waals surface area contributed by atoms with Gasteiger partial charge in [0, 0.05) is 25.9 Å². The molecule has 2 rings (SSSR count). The molecule has 1 N–H and O–H groups in total. The zero-order valence-corrected chi connectivity index (χ0v) is 13.2. The minimum atomic E-state index is 0.00255. The van der Waals surface area contributed by atoms with Crippen LogP contribution < -0.4 is 5.32 Å². The van der Waals surface area contributed by atoms with Gasteiger partial charge in [0.25, 0.3) is 0 Å². The summed E-state index contributed by atoms with van der Waals surface area (Å²) in [6, 6.07) is 0.382. The Morgan fingerprint density at radius 3 is 2.65 bits per heavy atom. The van der Waals surface area contributed by atoms with Crippen molar-refractivity contribution >= 4 is 0 Å². The molecule has 1 saturated carbocycles. The van der Waals surface area contributed by atoms with Crippen LogP contribution in [0.2, 0.25) is 0 Å². The molecule has 4 nitrogen and oxygen atoms in total. The van der Waals surface area contributed by atoms with Gasteiger partial charge >= 0.3 is 0 Å². The van der Waals surface area contributed by atoms with Crippen molar-refractivity contribution in [3.63, 3.8) is 0 Å². The Morgan fingerprint density at radius 1 is 1.35 bits per heavy atom. The lowest BCUT2D eigenvalue weighted by Gasteiger charge is -2.43. The summed E-state index contributed by atoms with van der Waals surface area (Å²) < 4.78 is 8.01. The van der Waals surface area contributed by atoms with Crippen LogP contribution in [0.3, 0.4) is 0 Å². The molecule has 0 radical (unpaired) electrons. The average Bonchev–Trinajstić information content (AvgIpc) is 2.95. The molecule has 1 unspecified atom stereocenters. The highest BCUT2D eigenvalue weighted by atomic mass is 16.5. The van der Waals surface area contributed by atoms with Gasteiger partial charge in [0.1, 0.15) is 0 Å². The lowest BCUT2D eigenvalue weighted by molar-refractivity contribution is -0.0669. The van der Waals surface area contributed by atoms with Gasteiger partial charge in [-0.05, 0) is 38.3 Å². The average molecular weight is 279 g/mol. The molecule has 1 atom stereocenters. The normalized spacial score (nSPS) is 19.9. The molecule has 1 aliphatic carbocycles. The van der Waals surface area contributed by atoms with Gasteiger partial charge in [0.05, 0.1) is 11.8 Å². The first-order valence-corrected chi connectivity index (χ1v) is 8.04. The maximum Gasteiger partial charge on any atom is 0.0834 e. The first-order chi connectivity index (χ1) is 9.74. The molecule has 1 aromatic heterocycles. The number of likely N-dealkylation sites (N-methyl/N-ethyl adjacent to an activating group) is 1. The van der Waals surface area contributed by atoms with Crippen molar-refractivity contribution < 1.29 is 4.74 Å². The molecule has 0 aromatic carbocycles. The Labute approximate surface area is 122 Å². The van der Waals surface area contributed by atoms with Gasteiger partial charge in [0.15, 0.2) is 0 Å². The second-order valence-electron chi connectivity index (χ2n) is 5.85. The minimum Gasteiger partial charge on any atom is -0.377 e. The molecule has 1 aromatic rings. The highest BCUT2D eigenvalue weighted by Crippen LogP contribution is 2.35. The van der Waals surface area contributed by atoms with Crippen LogP contribution in [-0.4, -0.2) is 35.1 Å². The van der Waals surface area contributed by atoms with Crippen LogP contribution in [0.1, 0.15) is 51.5 Å². The van der Waals surface area contributed by atoms with Crippen molar-refractivity contribution in [2.45, 2.75) is 70.6 Å². The second kappa shape index (κ2) is 7.23. The Kier molecular flexibility index (Phi) is 5.61. The minimum absolute atomic E-state index is 0.00255. The number of nitrogens with zero attached hydrogens (tertiary/aromatic N) is 2. The van der Waals surface area contributed by atoms with Gasteiger partial charge in [-0.1, -0.05) is 26.2 Å². The summed E-state index contributed by atoms with van der Waals surface area (Å²) in [5, 5.41) is 8.05. The van der Waals surface area contributed by atoms with Crippen molar-refractivity contribution in [3.05, 3.63) is 18.0 Å². The van der Waals surface area contributed by atoms with E-state index in [4.69, 9.17) is 4.74 Å². The molecule has 1 heterocycles. The lowest BCUT2D eigenvalue weighted by atomic mass is 9.77. The van der Waals surface area contributed by atoms with Gasteiger partial charge in [0.2, 0.25) is 0 Å². The molecule has 1 fully saturated rings. The van der Waals surface area contributed by atoms with E-state index in [1.807, 2.05) is 18.0 Å². The number of methoxy groups -OCH3 is 1. The van der Waals surface area contributed by atoms with E-state index in [1.54, 1.807) is 0 Å². The molecule has 1 aliphatic rings. The molecule has 0 bridgehead atoms. The predicted octanol–water partition coefficient (Wildman–Crippen LogP) is 2.77. The lowest BCUT2D eigenvalue weighted by Crippen LogP contribution is -2.54. The number of aromatic nitrogens is 2. The molecule has 0 aliphatic heterocycles. The third-order valence-electron chi connectivity index (χ3n) is 4.64. The maximum atomic E-state index is 6.01. The number of aryl methyl sites for hydroxylation is 1. The first-order valence-electron chi connectivity index (χ1n) is 8.04. The highest BCUT2D eigenvalue weighted by molar-refractivity contribution is 5.10. The summed E-state index contributed by atoms with van der Waals surface area (Å²) >= 11 is 0. The van der Waals surface area contributed by atoms with Crippen LogP contribution in [-0.2, 0) is 17.7 Å². The number of nitrogens with one attached hydrogen (secondary N) is 1. The van der Waals surface area contributed by atoms with E-state index < -0.39 is 0 Å². The van der Waals surface area contributed by atoms with Crippen LogP contribution in [0.25, 0.3) is 0 Å². The van der Waals surface area contributed by atoms with Crippen molar-refractivity contribution in [2.75, 3.05) is 13.7 Å². The predicted molar refractivity (Wildman–Crippen MR) is 81.9 cm³/mol. The molecule has 20 heavy (non-hydrogen) atoms. The van der Waals surface area contributed by atoms with E-state index in [-0.39, 0.29) is 5.60 Å². The Morgan fingerprint density at radius 2 is 2.10 bits per heavy atom. The summed E-state index contributed by atoms with van der Waals surface area (Å²) in [5.41, 5.74) is 1.31. The van der Waals surface area contributed by atoms with E-state index in [0.29, 0.717) is 6.04 Å². The SMILES string of the molecule is CCNC(Cc1cnn(CC)c1)C1(OC)CCCCC1. The van der Waals surface area contributed by atoms with Crippen LogP contribution in [0.5, 0.6) is 0 Å². The van der Waals surface area contributed by atoms with Crippen molar-refractivity contribution in [1.82, 2.24) is 15.1 Å². The fourth-order valence-corrected chi connectivity index (χ4v) is 3.46. The highest BCUT2D eigenvalue weighted by Gasteiger charge is 2.39. The van der Waals surface area contributed by atoms with Gasteiger partial charge in [-0.25, -0.2) is 0 Å². The second-order valence-corrected chi connectivity index (χ2v) is 5.85. The zero-order chi connectivity index (χ0) is 14.4. The Bertz CT molecular complexity index is 396. The van der Waals surface area contributed by atoms with Crippen molar-refractivity contribution in [1.29, 1.82) is 0 Å². The Balaban J connectivity index is 2.11. The standard InChI is InChI=1S/C16H29N3O/c1-4-17-15(11-14-12-18-19(5-2)13-14)16(20-3)9-7-6-8-10-16/h12-13,15,17H,4-11H2,1-3H3. The van der Waals surface area contributed by atoms with Gasteiger partial charge in [-0.3, -0.25) is 4.68 Å². The summed E-state index contributed by atoms with van der Waals surface area (Å²) in [6.45, 7) is 6.21. The van der Waals surface area contributed by atoms with Gasteiger partial charge < -0.3 is 10.1 Å². The summed E-state index contributed by atoms with van der Waals surface area (Å²) in [4.78, 5) is 0. The summed E-state index contributed by atoms with van der Waals surface area (Å²) in [5.74, 6) is 0. The fourth-order valence-electron chi connectivity index (χ4n) is 3.46. The summed E-state index contributed by atoms with van der Waals surface area (Å²) in [6.07, 6.45) is 11.4. The van der Waals surface area contributed by atoms with E-state index in [0.717, 1.165) is 19.5 Å². The van der Waals surface area contributed by atoms with E-state index in [2.05, 4.69) is 30.5 Å². The molecular formula is C16H29N3O. The molecule has 0 saturated heterocycles. The third-order valence-corrected chi connectivity index (χ3v) is 4.64. The molecule has 0 amide bonds. The number of hydrogen-bond donors (Lipinski definition) is 1. The monoisotopic (exact) mass is 279 g/mol. The van der Waals surface area contributed by atoms with Crippen LogP contribution >= 0.6 is 0 Å². The van der Waals surface area contributed by atoms with Crippen LogP contribution in [0.15, 0.2) is 12.4 Å². The Hall–Kier alpha value is -0.870. The number of rotatable bonds is 7. The van der Waals surface area contributed by atoms with E-state index >= 15 is 0 Å². The zero-order valence-electron chi connectivity index (χ0n) is 13.2. The van der Waals surface area contributed by atoms with Crippen molar-refractivity contribution in [2.24, 2.45) is 0 Å². The molecule has 0 spiro atoms. The first kappa shape index (κ1) is 15.5.